The van der Waals surface area contributed by atoms with Gasteiger partial charge in [-0.3, -0.25) is 0 Å². The Kier molecular flexibility index (Phi) is 2.81. The van der Waals surface area contributed by atoms with Gasteiger partial charge in [-0.2, -0.15) is 0 Å². The van der Waals surface area contributed by atoms with Gasteiger partial charge in [0.1, 0.15) is 0 Å². The van der Waals surface area contributed by atoms with E-state index in [-0.39, 0.29) is 0 Å². The molecule has 0 amide bonds. The first-order chi connectivity index (χ1) is 7.66. The van der Waals surface area contributed by atoms with Crippen molar-refractivity contribution in [2.45, 2.75) is 6.42 Å². The summed E-state index contributed by atoms with van der Waals surface area (Å²) in [5.41, 5.74) is 8.93. The van der Waals surface area contributed by atoms with E-state index >= 15 is 0 Å². The third-order valence-corrected chi connectivity index (χ3v) is 2.52. The molecule has 1 heterocycles. The minimum atomic E-state index is 0.400. The normalized spacial score (nSPS) is 10.4. The molecule has 4 heteroatoms. The summed E-state index contributed by atoms with van der Waals surface area (Å²) in [6, 6.07) is 8.33. The molecule has 0 aliphatic rings. The molecule has 0 atom stereocenters. The number of rotatable bonds is 3. The van der Waals surface area contributed by atoms with Crippen molar-refractivity contribution in [3.63, 3.8) is 0 Å². The second-order valence-corrected chi connectivity index (χ2v) is 3.95. The van der Waals surface area contributed by atoms with Crippen molar-refractivity contribution < 1.29 is 4.52 Å². The molecule has 1 aromatic carbocycles. The highest BCUT2D eigenvalue weighted by atomic mass is 16.5. The number of hydrogen-bond donors (Lipinski definition) is 1. The molecule has 0 saturated heterocycles. The molecule has 2 rings (SSSR count). The molecule has 84 valence electrons. The number of benzene rings is 1. The van der Waals surface area contributed by atoms with E-state index in [2.05, 4.69) is 34.3 Å². The highest BCUT2D eigenvalue weighted by Gasteiger charge is 2.05. The number of aromatic nitrogens is 1. The molecule has 2 N–H and O–H groups in total. The van der Waals surface area contributed by atoms with Gasteiger partial charge >= 0.3 is 0 Å². The van der Waals surface area contributed by atoms with Crippen molar-refractivity contribution in [2.75, 3.05) is 24.7 Å². The third kappa shape index (κ3) is 2.16. The number of nitrogens with two attached hydrogens (primary N) is 1. The molecule has 0 bridgehead atoms. The van der Waals surface area contributed by atoms with Gasteiger partial charge in [0.25, 0.3) is 0 Å². The van der Waals surface area contributed by atoms with Crippen LogP contribution >= 0.6 is 0 Å². The average molecular weight is 217 g/mol. The van der Waals surface area contributed by atoms with Crippen LogP contribution in [0.15, 0.2) is 35.0 Å². The Balaban J connectivity index is 2.14. The first kappa shape index (κ1) is 10.5. The zero-order valence-corrected chi connectivity index (χ0v) is 9.47. The van der Waals surface area contributed by atoms with Crippen LogP contribution in [0.5, 0.6) is 0 Å². The first-order valence-electron chi connectivity index (χ1n) is 5.12. The van der Waals surface area contributed by atoms with Gasteiger partial charge in [-0.05, 0) is 17.7 Å². The summed E-state index contributed by atoms with van der Waals surface area (Å²) >= 11 is 0. The maximum Gasteiger partial charge on any atom is 0.225 e. The lowest BCUT2D eigenvalue weighted by molar-refractivity contribution is 0.436. The molecule has 0 fully saturated rings. The summed E-state index contributed by atoms with van der Waals surface area (Å²) in [5.74, 6) is 0.400. The Bertz CT molecular complexity index is 459. The van der Waals surface area contributed by atoms with Gasteiger partial charge in [-0.1, -0.05) is 17.3 Å². The van der Waals surface area contributed by atoms with E-state index in [9.17, 15) is 0 Å². The average Bonchev–Trinajstić information content (AvgIpc) is 2.65. The van der Waals surface area contributed by atoms with Crippen molar-refractivity contribution in [2.24, 2.45) is 0 Å². The van der Waals surface area contributed by atoms with Crippen LogP contribution in [0.25, 0.3) is 0 Å². The highest BCUT2D eigenvalue weighted by Crippen LogP contribution is 2.18. The van der Waals surface area contributed by atoms with E-state index in [4.69, 9.17) is 10.3 Å². The molecule has 16 heavy (non-hydrogen) atoms. The van der Waals surface area contributed by atoms with Crippen LogP contribution in [0, 0.1) is 0 Å². The molecule has 0 radical (unpaired) electrons. The molecule has 0 aliphatic carbocycles. The summed E-state index contributed by atoms with van der Waals surface area (Å²) in [4.78, 5) is 2.07. The molecule has 0 aliphatic heterocycles. The van der Waals surface area contributed by atoms with E-state index in [0.29, 0.717) is 5.88 Å². The fraction of sp³-hybridized carbons (Fsp3) is 0.250. The molecule has 0 unspecified atom stereocenters. The van der Waals surface area contributed by atoms with Gasteiger partial charge in [0, 0.05) is 31.8 Å². The molecular formula is C12H15N3O. The second kappa shape index (κ2) is 4.26. The minimum Gasteiger partial charge on any atom is -0.378 e. The molecule has 2 aromatic rings. The van der Waals surface area contributed by atoms with Crippen LogP contribution in [-0.2, 0) is 6.42 Å². The van der Waals surface area contributed by atoms with E-state index in [0.717, 1.165) is 12.0 Å². The summed E-state index contributed by atoms with van der Waals surface area (Å²) < 4.78 is 4.82. The smallest absolute Gasteiger partial charge is 0.225 e. The summed E-state index contributed by atoms with van der Waals surface area (Å²) in [6.07, 6.45) is 2.41. The number of hydrogen-bond acceptors (Lipinski definition) is 4. The molecule has 4 nitrogen and oxygen atoms in total. The van der Waals surface area contributed by atoms with Crippen molar-refractivity contribution in [3.05, 3.63) is 41.6 Å². The van der Waals surface area contributed by atoms with Crippen LogP contribution in [0.3, 0.4) is 0 Å². The second-order valence-electron chi connectivity index (χ2n) is 3.95. The lowest BCUT2D eigenvalue weighted by Gasteiger charge is -2.12. The predicted molar refractivity (Wildman–Crippen MR) is 64.5 cm³/mol. The van der Waals surface area contributed by atoms with Crippen LogP contribution in [0.4, 0.5) is 11.6 Å². The first-order valence-corrected chi connectivity index (χ1v) is 5.12. The van der Waals surface area contributed by atoms with E-state index < -0.39 is 0 Å². The Morgan fingerprint density at radius 3 is 2.44 bits per heavy atom. The monoisotopic (exact) mass is 217 g/mol. The summed E-state index contributed by atoms with van der Waals surface area (Å²) in [7, 11) is 4.04. The lowest BCUT2D eigenvalue weighted by Crippen LogP contribution is -2.08. The Morgan fingerprint density at radius 1 is 1.25 bits per heavy atom. The number of anilines is 2. The fourth-order valence-electron chi connectivity index (χ4n) is 1.53. The van der Waals surface area contributed by atoms with Gasteiger partial charge in [0.15, 0.2) is 0 Å². The van der Waals surface area contributed by atoms with Crippen molar-refractivity contribution >= 4 is 11.6 Å². The fourth-order valence-corrected chi connectivity index (χ4v) is 1.53. The Morgan fingerprint density at radius 2 is 1.94 bits per heavy atom. The highest BCUT2D eigenvalue weighted by molar-refractivity contribution is 5.47. The maximum absolute atomic E-state index is 5.63. The van der Waals surface area contributed by atoms with Gasteiger partial charge in [0.2, 0.25) is 5.88 Å². The zero-order valence-electron chi connectivity index (χ0n) is 9.47. The van der Waals surface area contributed by atoms with Gasteiger partial charge in [0.05, 0.1) is 6.20 Å². The largest absolute Gasteiger partial charge is 0.378 e. The molecule has 1 aromatic heterocycles. The zero-order chi connectivity index (χ0) is 11.5. The molecule has 0 saturated carbocycles. The Labute approximate surface area is 94.6 Å². The quantitative estimate of drug-likeness (QED) is 0.853. The van der Waals surface area contributed by atoms with Crippen LogP contribution in [-0.4, -0.2) is 19.3 Å². The van der Waals surface area contributed by atoms with Crippen molar-refractivity contribution in [1.82, 2.24) is 5.16 Å². The topological polar surface area (TPSA) is 55.3 Å². The maximum atomic E-state index is 5.63. The van der Waals surface area contributed by atoms with E-state index in [1.807, 2.05) is 14.1 Å². The van der Waals surface area contributed by atoms with Crippen LogP contribution < -0.4 is 10.6 Å². The van der Waals surface area contributed by atoms with Gasteiger partial charge < -0.3 is 15.2 Å². The SMILES string of the molecule is CN(C)c1ccc(Cc2cnoc2N)cc1. The lowest BCUT2D eigenvalue weighted by atomic mass is 10.1. The molecular weight excluding hydrogens is 202 g/mol. The molecule has 0 spiro atoms. The number of nitrogen functional groups attached to an aromatic ring is 1. The predicted octanol–water partition coefficient (Wildman–Crippen LogP) is 1.91. The minimum absolute atomic E-state index is 0.400. The van der Waals surface area contributed by atoms with E-state index in [1.165, 1.54) is 11.3 Å². The standard InChI is InChI=1S/C12H15N3O/c1-15(2)11-5-3-9(4-6-11)7-10-8-14-16-12(10)13/h3-6,8H,7,13H2,1-2H3. The summed E-state index contributed by atoms with van der Waals surface area (Å²) in [6.45, 7) is 0. The van der Waals surface area contributed by atoms with Gasteiger partial charge in [-0.25, -0.2) is 0 Å². The van der Waals surface area contributed by atoms with Crippen molar-refractivity contribution in [3.8, 4) is 0 Å². The summed E-state index contributed by atoms with van der Waals surface area (Å²) in [5, 5.41) is 3.66. The number of nitrogens with zero attached hydrogens (tertiary/aromatic N) is 2. The van der Waals surface area contributed by atoms with Crippen LogP contribution in [0.2, 0.25) is 0 Å². The van der Waals surface area contributed by atoms with E-state index in [1.54, 1.807) is 6.20 Å². The third-order valence-electron chi connectivity index (χ3n) is 2.52. The van der Waals surface area contributed by atoms with Gasteiger partial charge in [-0.15, -0.1) is 0 Å². The van der Waals surface area contributed by atoms with Crippen LogP contribution in [0.1, 0.15) is 11.1 Å². The Hall–Kier alpha value is -1.97. The van der Waals surface area contributed by atoms with Crippen molar-refractivity contribution in [1.29, 1.82) is 0 Å².